The van der Waals surface area contributed by atoms with Crippen molar-refractivity contribution in [1.29, 1.82) is 0 Å². The number of aliphatic imine (C=N–C) groups is 1. The predicted octanol–water partition coefficient (Wildman–Crippen LogP) is 2.35. The number of hydrogen-bond acceptors (Lipinski definition) is 6. The van der Waals surface area contributed by atoms with Gasteiger partial charge in [-0.25, -0.2) is 4.98 Å². The van der Waals surface area contributed by atoms with Crippen LogP contribution in [0.1, 0.15) is 15.4 Å². The van der Waals surface area contributed by atoms with Gasteiger partial charge in [-0.1, -0.05) is 17.8 Å². The molecule has 0 aromatic carbocycles. The Bertz CT molecular complexity index is 666. The van der Waals surface area contributed by atoms with Crippen molar-refractivity contribution in [1.82, 2.24) is 15.3 Å². The fourth-order valence-corrected chi connectivity index (χ4v) is 3.43. The van der Waals surface area contributed by atoms with Gasteiger partial charge in [0.15, 0.2) is 5.17 Å². The number of nitrogens with one attached hydrogen (secondary N) is 1. The smallest absolute Gasteiger partial charge is 0.269 e. The van der Waals surface area contributed by atoms with E-state index in [-0.39, 0.29) is 5.91 Å². The van der Waals surface area contributed by atoms with Gasteiger partial charge in [-0.15, -0.1) is 11.3 Å². The lowest BCUT2D eigenvalue weighted by Gasteiger charge is -2.01. The van der Waals surface area contributed by atoms with Crippen LogP contribution >= 0.6 is 23.1 Å². The maximum Gasteiger partial charge on any atom is 0.269 e. The molecule has 0 saturated heterocycles. The van der Waals surface area contributed by atoms with Crippen LogP contribution in [0, 0.1) is 6.92 Å². The number of aryl methyl sites for hydroxylation is 1. The Morgan fingerprint density at radius 3 is 3.00 bits per heavy atom. The number of amides is 1. The van der Waals surface area contributed by atoms with E-state index in [1.54, 1.807) is 18.0 Å². The van der Waals surface area contributed by atoms with E-state index >= 15 is 0 Å². The van der Waals surface area contributed by atoms with Crippen LogP contribution in [0.15, 0.2) is 29.4 Å². The molecule has 0 atom stereocenters. The number of hydrogen-bond donors (Lipinski definition) is 1. The van der Waals surface area contributed by atoms with Gasteiger partial charge >= 0.3 is 0 Å². The van der Waals surface area contributed by atoms with Gasteiger partial charge in [-0.2, -0.15) is 0 Å². The molecule has 102 valence electrons. The van der Waals surface area contributed by atoms with Gasteiger partial charge in [0.1, 0.15) is 9.88 Å². The van der Waals surface area contributed by atoms with Crippen LogP contribution in [0.3, 0.4) is 0 Å². The molecular weight excluding hydrogens is 292 g/mol. The summed E-state index contributed by atoms with van der Waals surface area (Å²) in [6.07, 6.45) is 1.72. The standard InChI is InChI=1S/C13H12N4OS2/c1-8-10(11(18)17-13-15-6-7-19-13)20-12(16-8)9-4-2-3-5-14-9/h2-5H,6-7H2,1H3,(H,15,17,18). The Morgan fingerprint density at radius 1 is 1.40 bits per heavy atom. The average Bonchev–Trinajstić information content (AvgIpc) is 3.09. The van der Waals surface area contributed by atoms with E-state index in [1.807, 2.05) is 25.1 Å². The molecule has 2 aromatic rings. The summed E-state index contributed by atoms with van der Waals surface area (Å²) in [4.78, 5) is 25.7. The molecule has 1 N–H and O–H groups in total. The predicted molar refractivity (Wildman–Crippen MR) is 82.3 cm³/mol. The number of thiazole rings is 1. The molecule has 0 unspecified atom stereocenters. The Balaban J connectivity index is 1.83. The molecule has 5 nitrogen and oxygen atoms in total. The second kappa shape index (κ2) is 5.72. The molecule has 20 heavy (non-hydrogen) atoms. The van der Waals surface area contributed by atoms with Gasteiger partial charge < -0.3 is 5.32 Å². The Hall–Kier alpha value is -1.73. The van der Waals surface area contributed by atoms with E-state index in [2.05, 4.69) is 20.3 Å². The Labute approximate surface area is 124 Å². The molecule has 2 aromatic heterocycles. The second-order valence-electron chi connectivity index (χ2n) is 4.14. The van der Waals surface area contributed by atoms with Crippen molar-refractivity contribution in [2.75, 3.05) is 12.3 Å². The SMILES string of the molecule is Cc1nc(-c2ccccn2)sc1C(=O)NC1=NCCS1. The summed E-state index contributed by atoms with van der Waals surface area (Å²) in [5.41, 5.74) is 1.50. The first kappa shape index (κ1) is 13.3. The summed E-state index contributed by atoms with van der Waals surface area (Å²) in [7, 11) is 0. The van der Waals surface area contributed by atoms with Crippen molar-refractivity contribution < 1.29 is 4.79 Å². The zero-order chi connectivity index (χ0) is 13.9. The van der Waals surface area contributed by atoms with Crippen molar-refractivity contribution in [2.24, 2.45) is 4.99 Å². The highest BCUT2D eigenvalue weighted by Crippen LogP contribution is 2.26. The highest BCUT2D eigenvalue weighted by molar-refractivity contribution is 8.14. The Morgan fingerprint density at radius 2 is 2.30 bits per heavy atom. The van der Waals surface area contributed by atoms with Gasteiger partial charge in [-0.3, -0.25) is 14.8 Å². The van der Waals surface area contributed by atoms with Gasteiger partial charge in [-0.05, 0) is 19.1 Å². The van der Waals surface area contributed by atoms with Crippen molar-refractivity contribution in [2.45, 2.75) is 6.92 Å². The molecule has 1 aliphatic heterocycles. The third-order valence-corrected chi connectivity index (χ3v) is 4.76. The minimum atomic E-state index is -0.143. The molecule has 0 saturated carbocycles. The van der Waals surface area contributed by atoms with Crippen LogP contribution in [0.5, 0.6) is 0 Å². The molecule has 1 amide bonds. The van der Waals surface area contributed by atoms with Crippen molar-refractivity contribution >= 4 is 34.2 Å². The fourth-order valence-electron chi connectivity index (χ4n) is 1.77. The van der Waals surface area contributed by atoms with Crippen LogP contribution in [0.2, 0.25) is 0 Å². The highest BCUT2D eigenvalue weighted by Gasteiger charge is 2.19. The van der Waals surface area contributed by atoms with E-state index in [9.17, 15) is 4.79 Å². The molecule has 0 spiro atoms. The van der Waals surface area contributed by atoms with Crippen molar-refractivity contribution in [3.8, 4) is 10.7 Å². The lowest BCUT2D eigenvalue weighted by atomic mass is 10.3. The number of rotatable bonds is 2. The lowest BCUT2D eigenvalue weighted by molar-refractivity contribution is 0.0981. The lowest BCUT2D eigenvalue weighted by Crippen LogP contribution is -2.27. The van der Waals surface area contributed by atoms with Crippen LogP contribution in [-0.4, -0.2) is 33.3 Å². The van der Waals surface area contributed by atoms with Crippen molar-refractivity contribution in [3.63, 3.8) is 0 Å². The van der Waals surface area contributed by atoms with Crippen molar-refractivity contribution in [3.05, 3.63) is 35.0 Å². The minimum absolute atomic E-state index is 0.143. The number of thioether (sulfide) groups is 1. The molecule has 3 heterocycles. The quantitative estimate of drug-likeness (QED) is 0.925. The number of carbonyl (C=O) groups is 1. The molecule has 0 aliphatic carbocycles. The maximum atomic E-state index is 12.2. The fraction of sp³-hybridized carbons (Fsp3) is 0.231. The van der Waals surface area contributed by atoms with E-state index in [1.165, 1.54) is 11.3 Å². The third-order valence-electron chi connectivity index (χ3n) is 2.69. The molecule has 0 fully saturated rings. The average molecular weight is 304 g/mol. The first-order valence-corrected chi connectivity index (χ1v) is 7.91. The van der Waals surface area contributed by atoms with Crippen LogP contribution in [-0.2, 0) is 0 Å². The zero-order valence-corrected chi connectivity index (χ0v) is 12.4. The molecule has 0 bridgehead atoms. The summed E-state index contributed by atoms with van der Waals surface area (Å²) < 4.78 is 0. The summed E-state index contributed by atoms with van der Waals surface area (Å²) in [5.74, 6) is 0.784. The topological polar surface area (TPSA) is 67.2 Å². The molecule has 1 aliphatic rings. The molecule has 7 heteroatoms. The Kier molecular flexibility index (Phi) is 3.79. The summed E-state index contributed by atoms with van der Waals surface area (Å²) in [6.45, 7) is 2.60. The van der Waals surface area contributed by atoms with Gasteiger partial charge in [0.05, 0.1) is 17.9 Å². The van der Waals surface area contributed by atoms with E-state index < -0.39 is 0 Å². The summed E-state index contributed by atoms with van der Waals surface area (Å²) in [5, 5.41) is 4.28. The minimum Gasteiger partial charge on any atom is -0.301 e. The number of aromatic nitrogens is 2. The van der Waals surface area contributed by atoms with E-state index in [0.29, 0.717) is 10.0 Å². The number of pyridine rings is 1. The third kappa shape index (κ3) is 2.73. The van der Waals surface area contributed by atoms with Gasteiger partial charge in [0, 0.05) is 11.9 Å². The summed E-state index contributed by atoms with van der Waals surface area (Å²) in [6, 6.07) is 5.65. The molecule has 0 radical (unpaired) electrons. The van der Waals surface area contributed by atoms with Gasteiger partial charge in [0.25, 0.3) is 5.91 Å². The summed E-state index contributed by atoms with van der Waals surface area (Å²) >= 11 is 2.92. The maximum absolute atomic E-state index is 12.2. The molecular formula is C13H12N4OS2. The van der Waals surface area contributed by atoms with E-state index in [0.717, 1.165) is 28.7 Å². The highest BCUT2D eigenvalue weighted by atomic mass is 32.2. The molecule has 3 rings (SSSR count). The van der Waals surface area contributed by atoms with E-state index in [4.69, 9.17) is 0 Å². The number of amidine groups is 1. The monoisotopic (exact) mass is 304 g/mol. The van der Waals surface area contributed by atoms with Gasteiger partial charge in [0.2, 0.25) is 0 Å². The first-order chi connectivity index (χ1) is 9.74. The normalized spacial score (nSPS) is 14.2. The largest absolute Gasteiger partial charge is 0.301 e. The van der Waals surface area contributed by atoms with Crippen LogP contribution < -0.4 is 5.32 Å². The zero-order valence-electron chi connectivity index (χ0n) is 10.8. The number of carbonyl (C=O) groups excluding carboxylic acids is 1. The van der Waals surface area contributed by atoms with Crippen LogP contribution in [0.4, 0.5) is 0 Å². The number of nitrogens with zero attached hydrogens (tertiary/aromatic N) is 3. The second-order valence-corrected chi connectivity index (χ2v) is 6.22. The first-order valence-electron chi connectivity index (χ1n) is 6.11. The van der Waals surface area contributed by atoms with Crippen LogP contribution in [0.25, 0.3) is 10.7 Å².